The number of amides is 1. The van der Waals surface area contributed by atoms with Gasteiger partial charge in [-0.05, 0) is 45.2 Å². The van der Waals surface area contributed by atoms with Gasteiger partial charge >= 0.3 is 5.97 Å². The number of hydrogen-bond acceptors (Lipinski definition) is 4. The molecule has 1 aliphatic rings. The van der Waals surface area contributed by atoms with Crippen molar-refractivity contribution in [2.75, 3.05) is 26.3 Å². The number of aliphatic carboxylic acids is 1. The molecule has 1 aromatic carbocycles. The average Bonchev–Trinajstić information content (AvgIpc) is 2.60. The maximum absolute atomic E-state index is 12.9. The molecule has 1 heterocycles. The third-order valence-corrected chi connectivity index (χ3v) is 4.79. The third-order valence-electron chi connectivity index (χ3n) is 4.51. The summed E-state index contributed by atoms with van der Waals surface area (Å²) < 4.78 is 11.3. The van der Waals surface area contributed by atoms with Crippen LogP contribution in [0.4, 0.5) is 0 Å². The number of rotatable bonds is 7. The molecule has 7 heteroatoms. The van der Waals surface area contributed by atoms with Crippen molar-refractivity contribution >= 4 is 23.5 Å². The van der Waals surface area contributed by atoms with Crippen LogP contribution in [0.1, 0.15) is 50.4 Å². The first kappa shape index (κ1) is 20.4. The van der Waals surface area contributed by atoms with Crippen molar-refractivity contribution in [1.82, 2.24) is 4.90 Å². The summed E-state index contributed by atoms with van der Waals surface area (Å²) in [5.74, 6) is -0.274. The molecule has 1 saturated heterocycles. The first-order valence-corrected chi connectivity index (χ1v) is 9.32. The van der Waals surface area contributed by atoms with Crippen LogP contribution in [-0.2, 0) is 4.79 Å². The normalized spacial score (nSPS) is 19.9. The Labute approximate surface area is 159 Å². The smallest absolute Gasteiger partial charge is 0.311 e. The molecule has 144 valence electrons. The van der Waals surface area contributed by atoms with Crippen LogP contribution in [0.2, 0.25) is 5.02 Å². The fourth-order valence-electron chi connectivity index (χ4n) is 3.07. The van der Waals surface area contributed by atoms with Gasteiger partial charge < -0.3 is 19.5 Å². The first-order valence-electron chi connectivity index (χ1n) is 8.94. The fourth-order valence-corrected chi connectivity index (χ4v) is 3.33. The number of nitrogens with zero attached hydrogens (tertiary/aromatic N) is 1. The van der Waals surface area contributed by atoms with Gasteiger partial charge in [-0.25, -0.2) is 0 Å². The van der Waals surface area contributed by atoms with Gasteiger partial charge in [0.15, 0.2) is 11.5 Å². The van der Waals surface area contributed by atoms with Crippen molar-refractivity contribution in [3.05, 3.63) is 22.7 Å². The van der Waals surface area contributed by atoms with Crippen LogP contribution in [-0.4, -0.2) is 48.2 Å². The standard InChI is InChI=1S/C19H26ClNO5/c1-4-9-26-16-14(20)10-13(11-15(16)25-5-2)17(22)21-8-6-7-19(3,12-21)18(23)24/h10-11H,4-9,12H2,1-3H3,(H,23,24). The molecule has 0 aromatic heterocycles. The van der Waals surface area contributed by atoms with Crippen molar-refractivity contribution in [2.45, 2.75) is 40.0 Å². The number of carboxylic acid groups (broad SMARTS) is 1. The number of carbonyl (C=O) groups is 2. The van der Waals surface area contributed by atoms with Gasteiger partial charge in [-0.15, -0.1) is 0 Å². The van der Waals surface area contributed by atoms with Crippen LogP contribution in [0.3, 0.4) is 0 Å². The van der Waals surface area contributed by atoms with Crippen molar-refractivity contribution in [3.63, 3.8) is 0 Å². The van der Waals surface area contributed by atoms with Gasteiger partial charge in [0.2, 0.25) is 0 Å². The van der Waals surface area contributed by atoms with E-state index in [1.165, 1.54) is 0 Å². The second kappa shape index (κ2) is 8.62. The van der Waals surface area contributed by atoms with E-state index in [2.05, 4.69) is 0 Å². The van der Waals surface area contributed by atoms with Crippen molar-refractivity contribution < 1.29 is 24.2 Å². The quantitative estimate of drug-likeness (QED) is 0.773. The molecule has 1 N–H and O–H groups in total. The van der Waals surface area contributed by atoms with Gasteiger partial charge in [-0.2, -0.15) is 0 Å². The highest BCUT2D eigenvalue weighted by Gasteiger charge is 2.39. The molecule has 0 radical (unpaired) electrons. The molecule has 26 heavy (non-hydrogen) atoms. The summed E-state index contributed by atoms with van der Waals surface area (Å²) >= 11 is 6.33. The Morgan fingerprint density at radius 2 is 2.04 bits per heavy atom. The molecule has 1 unspecified atom stereocenters. The highest BCUT2D eigenvalue weighted by molar-refractivity contribution is 6.32. The van der Waals surface area contributed by atoms with Crippen molar-refractivity contribution in [3.8, 4) is 11.5 Å². The van der Waals surface area contributed by atoms with E-state index >= 15 is 0 Å². The van der Waals surface area contributed by atoms with Crippen LogP contribution >= 0.6 is 11.6 Å². The predicted molar refractivity (Wildman–Crippen MR) is 99.3 cm³/mol. The Hall–Kier alpha value is -1.95. The van der Waals surface area contributed by atoms with Crippen LogP contribution in [0.5, 0.6) is 11.5 Å². The molecule has 1 aliphatic heterocycles. The summed E-state index contributed by atoms with van der Waals surface area (Å²) in [6, 6.07) is 3.18. The van der Waals surface area contributed by atoms with Crippen LogP contribution < -0.4 is 9.47 Å². The van der Waals surface area contributed by atoms with Gasteiger partial charge in [0, 0.05) is 18.7 Å². The van der Waals surface area contributed by atoms with Crippen LogP contribution in [0.25, 0.3) is 0 Å². The SMILES string of the molecule is CCCOc1c(Cl)cc(C(=O)N2CCCC(C)(C(=O)O)C2)cc1OCC. The van der Waals surface area contributed by atoms with E-state index < -0.39 is 11.4 Å². The Morgan fingerprint density at radius 1 is 1.31 bits per heavy atom. The molecule has 1 atom stereocenters. The second-order valence-electron chi connectivity index (χ2n) is 6.76. The zero-order valence-corrected chi connectivity index (χ0v) is 16.3. The first-order chi connectivity index (χ1) is 12.3. The summed E-state index contributed by atoms with van der Waals surface area (Å²) in [5, 5.41) is 9.76. The number of carbonyl (C=O) groups excluding carboxylic acids is 1. The Bertz CT molecular complexity index is 678. The summed E-state index contributed by atoms with van der Waals surface area (Å²) in [7, 11) is 0. The van der Waals surface area contributed by atoms with Gasteiger partial charge in [-0.1, -0.05) is 18.5 Å². The topological polar surface area (TPSA) is 76.1 Å². The summed E-state index contributed by atoms with van der Waals surface area (Å²) in [6.45, 7) is 7.12. The molecular weight excluding hydrogens is 358 g/mol. The maximum Gasteiger partial charge on any atom is 0.311 e. The number of piperidine rings is 1. The number of halogens is 1. The zero-order valence-electron chi connectivity index (χ0n) is 15.5. The van der Waals surface area contributed by atoms with Crippen LogP contribution in [0.15, 0.2) is 12.1 Å². The number of hydrogen-bond donors (Lipinski definition) is 1. The van der Waals surface area contributed by atoms with E-state index in [-0.39, 0.29) is 12.5 Å². The monoisotopic (exact) mass is 383 g/mol. The zero-order chi connectivity index (χ0) is 19.3. The molecule has 0 spiro atoms. The fraction of sp³-hybridized carbons (Fsp3) is 0.579. The van der Waals surface area contributed by atoms with E-state index in [4.69, 9.17) is 21.1 Å². The minimum absolute atomic E-state index is 0.177. The molecule has 6 nitrogen and oxygen atoms in total. The lowest BCUT2D eigenvalue weighted by atomic mass is 9.82. The minimum atomic E-state index is -0.926. The molecule has 2 rings (SSSR count). The lowest BCUT2D eigenvalue weighted by molar-refractivity contribution is -0.150. The molecule has 0 bridgehead atoms. The van der Waals surface area contributed by atoms with Crippen molar-refractivity contribution in [2.24, 2.45) is 5.41 Å². The maximum atomic E-state index is 12.9. The molecule has 0 aliphatic carbocycles. The molecule has 1 amide bonds. The Kier molecular flexibility index (Phi) is 6.75. The van der Waals surface area contributed by atoms with E-state index in [1.807, 2.05) is 13.8 Å². The highest BCUT2D eigenvalue weighted by atomic mass is 35.5. The summed E-state index contributed by atoms with van der Waals surface area (Å²) in [5.41, 5.74) is -0.554. The number of benzene rings is 1. The lowest BCUT2D eigenvalue weighted by Crippen LogP contribution is -2.48. The Morgan fingerprint density at radius 3 is 2.65 bits per heavy atom. The highest BCUT2D eigenvalue weighted by Crippen LogP contribution is 2.38. The van der Waals surface area contributed by atoms with Crippen molar-refractivity contribution in [1.29, 1.82) is 0 Å². The van der Waals surface area contributed by atoms with Crippen LogP contribution in [0, 0.1) is 5.41 Å². The van der Waals surface area contributed by atoms with E-state index in [0.29, 0.717) is 54.7 Å². The van der Waals surface area contributed by atoms with Gasteiger partial charge in [0.25, 0.3) is 5.91 Å². The van der Waals surface area contributed by atoms with E-state index in [9.17, 15) is 14.7 Å². The number of likely N-dealkylation sites (tertiary alicyclic amines) is 1. The van der Waals surface area contributed by atoms with E-state index in [0.717, 1.165) is 6.42 Å². The minimum Gasteiger partial charge on any atom is -0.490 e. The van der Waals surface area contributed by atoms with E-state index in [1.54, 1.807) is 24.0 Å². The predicted octanol–water partition coefficient (Wildman–Crippen LogP) is 3.85. The largest absolute Gasteiger partial charge is 0.490 e. The molecule has 1 aromatic rings. The van der Waals surface area contributed by atoms with Gasteiger partial charge in [-0.3, -0.25) is 9.59 Å². The van der Waals surface area contributed by atoms with Gasteiger partial charge in [0.1, 0.15) is 0 Å². The third kappa shape index (κ3) is 4.41. The molecular formula is C19H26ClNO5. The second-order valence-corrected chi connectivity index (χ2v) is 7.17. The molecule has 1 fully saturated rings. The van der Waals surface area contributed by atoms with Gasteiger partial charge in [0.05, 0.1) is 23.7 Å². The average molecular weight is 384 g/mol. The Balaban J connectivity index is 2.29. The summed E-state index contributed by atoms with van der Waals surface area (Å²) in [4.78, 5) is 26.0. The number of ether oxygens (including phenoxy) is 2. The molecule has 0 saturated carbocycles. The number of carboxylic acids is 1. The lowest BCUT2D eigenvalue weighted by Gasteiger charge is -2.37. The summed E-state index contributed by atoms with van der Waals surface area (Å²) in [6.07, 6.45) is 2.03.